The molecule has 3 rings (SSSR count). The summed E-state index contributed by atoms with van der Waals surface area (Å²) in [6, 6.07) is 2.08. The van der Waals surface area contributed by atoms with Crippen molar-refractivity contribution in [2.75, 3.05) is 24.5 Å². The van der Waals surface area contributed by atoms with Gasteiger partial charge >= 0.3 is 6.18 Å². The molecule has 1 aliphatic rings. The molecule has 0 radical (unpaired) electrons. The molecule has 0 bridgehead atoms. The van der Waals surface area contributed by atoms with Gasteiger partial charge in [-0.1, -0.05) is 0 Å². The first-order valence-corrected chi connectivity index (χ1v) is 8.99. The first kappa shape index (κ1) is 18.0. The van der Waals surface area contributed by atoms with Gasteiger partial charge in [-0.05, 0) is 26.0 Å². The van der Waals surface area contributed by atoms with Gasteiger partial charge in [0.15, 0.2) is 0 Å². The first-order valence-electron chi connectivity index (χ1n) is 7.48. The molecule has 1 aliphatic heterocycles. The van der Waals surface area contributed by atoms with Crippen molar-refractivity contribution in [3.63, 3.8) is 0 Å². The van der Waals surface area contributed by atoms with Crippen LogP contribution >= 0.6 is 0 Å². The topological polar surface area (TPSA) is 83.9 Å². The largest absolute Gasteiger partial charge is 0.416 e. The lowest BCUT2D eigenvalue weighted by Gasteiger charge is -2.46. The van der Waals surface area contributed by atoms with Crippen molar-refractivity contribution in [1.82, 2.24) is 13.7 Å². The minimum absolute atomic E-state index is 0.0816. The standard InChI is InChI=1S/C14H18F3N5O2S/c1-13(2)8-20(3-4-22(13)25(18,23)24)12-6-10(14(15,16)17)5-11-7-19-9-21(11)12/h5-7,9H,3-4,8H2,1-2H3,(H2,18,23,24). The van der Waals surface area contributed by atoms with Gasteiger partial charge in [0.25, 0.3) is 10.2 Å². The Kier molecular flexibility index (Phi) is 4.01. The second-order valence-electron chi connectivity index (χ2n) is 6.64. The maximum Gasteiger partial charge on any atom is 0.416 e. The molecule has 138 valence electrons. The van der Waals surface area contributed by atoms with Gasteiger partial charge in [0.1, 0.15) is 12.1 Å². The first-order chi connectivity index (χ1) is 11.4. The van der Waals surface area contributed by atoms with E-state index in [2.05, 4.69) is 4.98 Å². The number of hydrogen-bond donors (Lipinski definition) is 1. The highest BCUT2D eigenvalue weighted by molar-refractivity contribution is 7.86. The molecule has 7 nitrogen and oxygen atoms in total. The third-order valence-corrected chi connectivity index (χ3v) is 5.58. The highest BCUT2D eigenvalue weighted by Crippen LogP contribution is 2.34. The summed E-state index contributed by atoms with van der Waals surface area (Å²) in [6.07, 6.45) is -1.70. The van der Waals surface area contributed by atoms with Gasteiger partial charge in [-0.2, -0.15) is 25.9 Å². The predicted octanol–water partition coefficient (Wildman–Crippen LogP) is 1.46. The number of pyridine rings is 1. The van der Waals surface area contributed by atoms with Gasteiger partial charge in [-0.3, -0.25) is 4.40 Å². The molecular formula is C14H18F3N5O2S. The zero-order valence-electron chi connectivity index (χ0n) is 13.7. The van der Waals surface area contributed by atoms with E-state index in [0.717, 1.165) is 16.4 Å². The summed E-state index contributed by atoms with van der Waals surface area (Å²) < 4.78 is 65.7. The summed E-state index contributed by atoms with van der Waals surface area (Å²) in [4.78, 5) is 5.63. The molecular weight excluding hydrogens is 359 g/mol. The Hall–Kier alpha value is -1.85. The molecule has 0 unspecified atom stereocenters. The van der Waals surface area contributed by atoms with Crippen LogP contribution in [0.5, 0.6) is 0 Å². The number of aromatic nitrogens is 2. The Labute approximate surface area is 143 Å². The molecule has 3 heterocycles. The van der Waals surface area contributed by atoms with Crippen LogP contribution in [0.1, 0.15) is 19.4 Å². The fourth-order valence-electron chi connectivity index (χ4n) is 3.23. The van der Waals surface area contributed by atoms with Crippen LogP contribution in [-0.2, 0) is 16.4 Å². The number of piperazine rings is 1. The Bertz CT molecular complexity index is 907. The van der Waals surface area contributed by atoms with Crippen LogP contribution in [0.2, 0.25) is 0 Å². The average molecular weight is 377 g/mol. The van der Waals surface area contributed by atoms with Gasteiger partial charge < -0.3 is 4.90 Å². The monoisotopic (exact) mass is 377 g/mol. The van der Waals surface area contributed by atoms with E-state index in [1.54, 1.807) is 23.1 Å². The van der Waals surface area contributed by atoms with Gasteiger partial charge in [0.05, 0.1) is 17.3 Å². The van der Waals surface area contributed by atoms with E-state index in [1.165, 1.54) is 12.5 Å². The van der Waals surface area contributed by atoms with Gasteiger partial charge in [-0.25, -0.2) is 10.1 Å². The molecule has 0 saturated carbocycles. The summed E-state index contributed by atoms with van der Waals surface area (Å²) >= 11 is 0. The number of anilines is 1. The van der Waals surface area contributed by atoms with Crippen LogP contribution in [0, 0.1) is 0 Å². The molecule has 0 amide bonds. The highest BCUT2D eigenvalue weighted by Gasteiger charge is 2.40. The molecule has 2 aromatic rings. The van der Waals surface area contributed by atoms with E-state index in [9.17, 15) is 21.6 Å². The zero-order valence-corrected chi connectivity index (χ0v) is 14.5. The van der Waals surface area contributed by atoms with Crippen molar-refractivity contribution in [3.05, 3.63) is 30.2 Å². The van der Waals surface area contributed by atoms with E-state index < -0.39 is 27.5 Å². The maximum atomic E-state index is 13.2. The Balaban J connectivity index is 2.04. The van der Waals surface area contributed by atoms with Crippen molar-refractivity contribution in [2.45, 2.75) is 25.6 Å². The number of nitrogens with zero attached hydrogens (tertiary/aromatic N) is 4. The predicted molar refractivity (Wildman–Crippen MR) is 86.3 cm³/mol. The third kappa shape index (κ3) is 3.31. The highest BCUT2D eigenvalue weighted by atomic mass is 32.2. The van der Waals surface area contributed by atoms with Crippen molar-refractivity contribution < 1.29 is 21.6 Å². The van der Waals surface area contributed by atoms with E-state index in [-0.39, 0.29) is 19.6 Å². The Morgan fingerprint density at radius 2 is 1.92 bits per heavy atom. The molecule has 25 heavy (non-hydrogen) atoms. The summed E-state index contributed by atoms with van der Waals surface area (Å²) in [6.45, 7) is 3.86. The molecule has 1 fully saturated rings. The summed E-state index contributed by atoms with van der Waals surface area (Å²) in [7, 11) is -3.89. The zero-order chi connectivity index (χ0) is 18.6. The fourth-order valence-corrected chi connectivity index (χ4v) is 4.31. The lowest BCUT2D eigenvalue weighted by Crippen LogP contribution is -2.62. The van der Waals surface area contributed by atoms with Crippen molar-refractivity contribution >= 4 is 21.5 Å². The Morgan fingerprint density at radius 3 is 2.48 bits per heavy atom. The van der Waals surface area contributed by atoms with E-state index in [0.29, 0.717) is 11.3 Å². The lowest BCUT2D eigenvalue weighted by molar-refractivity contribution is -0.137. The lowest BCUT2D eigenvalue weighted by atomic mass is 10.0. The molecule has 0 aliphatic carbocycles. The second kappa shape index (κ2) is 5.58. The maximum absolute atomic E-state index is 13.2. The quantitative estimate of drug-likeness (QED) is 0.859. The number of halogens is 3. The SMILES string of the molecule is CC1(C)CN(c2cc(C(F)(F)F)cc3cncn23)CCN1S(N)(=O)=O. The second-order valence-corrected chi connectivity index (χ2v) is 8.11. The molecule has 1 saturated heterocycles. The molecule has 0 aromatic carbocycles. The fraction of sp³-hybridized carbons (Fsp3) is 0.500. The van der Waals surface area contributed by atoms with Crippen LogP contribution in [0.3, 0.4) is 0 Å². The van der Waals surface area contributed by atoms with Crippen molar-refractivity contribution in [3.8, 4) is 0 Å². The minimum Gasteiger partial charge on any atom is -0.354 e. The van der Waals surface area contributed by atoms with Crippen LogP contribution in [-0.4, -0.2) is 47.3 Å². The molecule has 0 atom stereocenters. The van der Waals surface area contributed by atoms with Crippen LogP contribution in [0.4, 0.5) is 19.0 Å². The van der Waals surface area contributed by atoms with E-state index in [4.69, 9.17) is 5.14 Å². The van der Waals surface area contributed by atoms with Crippen LogP contribution in [0.25, 0.3) is 5.52 Å². The van der Waals surface area contributed by atoms with Gasteiger partial charge in [-0.15, -0.1) is 0 Å². The minimum atomic E-state index is -4.49. The normalized spacial score (nSPS) is 19.5. The van der Waals surface area contributed by atoms with E-state index in [1.807, 2.05) is 0 Å². The number of fused-ring (bicyclic) bond motifs is 1. The number of hydrogen-bond acceptors (Lipinski definition) is 4. The molecule has 0 spiro atoms. The van der Waals surface area contributed by atoms with Crippen molar-refractivity contribution in [1.29, 1.82) is 0 Å². The number of nitrogens with two attached hydrogens (primary N) is 1. The van der Waals surface area contributed by atoms with E-state index >= 15 is 0 Å². The smallest absolute Gasteiger partial charge is 0.354 e. The van der Waals surface area contributed by atoms with Crippen LogP contribution in [0.15, 0.2) is 24.7 Å². The summed E-state index contributed by atoms with van der Waals surface area (Å²) in [5.41, 5.74) is -1.33. The third-order valence-electron chi connectivity index (χ3n) is 4.29. The van der Waals surface area contributed by atoms with Gasteiger partial charge in [0.2, 0.25) is 0 Å². The number of alkyl halides is 3. The Morgan fingerprint density at radius 1 is 1.24 bits per heavy atom. The molecule has 2 aromatic heterocycles. The average Bonchev–Trinajstić information content (AvgIpc) is 2.90. The number of imidazole rings is 1. The summed E-state index contributed by atoms with van der Waals surface area (Å²) in [5, 5.41) is 5.24. The number of rotatable bonds is 2. The summed E-state index contributed by atoms with van der Waals surface area (Å²) in [5.74, 6) is 0.310. The molecule has 2 N–H and O–H groups in total. The van der Waals surface area contributed by atoms with Crippen LogP contribution < -0.4 is 10.0 Å². The van der Waals surface area contributed by atoms with Crippen molar-refractivity contribution in [2.24, 2.45) is 5.14 Å². The van der Waals surface area contributed by atoms with Gasteiger partial charge in [0, 0.05) is 25.2 Å². The molecule has 11 heteroatoms.